The maximum Gasteiger partial charge on any atom is 0.242 e. The minimum absolute atomic E-state index is 0.0462. The average Bonchev–Trinajstić information content (AvgIpc) is 2.75. The largest absolute Gasteiger partial charge is 0.354 e. The first-order valence-corrected chi connectivity index (χ1v) is 12.4. The second-order valence-corrected chi connectivity index (χ2v) is 9.06. The van der Waals surface area contributed by atoms with Crippen molar-refractivity contribution in [3.05, 3.63) is 70.2 Å². The Morgan fingerprint density at radius 2 is 1.90 bits per heavy atom. The molecular formula is C25H33ClN2O2S. The van der Waals surface area contributed by atoms with E-state index >= 15 is 0 Å². The van der Waals surface area contributed by atoms with E-state index in [4.69, 9.17) is 11.6 Å². The van der Waals surface area contributed by atoms with Crippen LogP contribution in [0.25, 0.3) is 0 Å². The SMILES string of the molecule is CCCCNC(=O)[C@@H](CC)N(Cc1ccccc1Cl)C(=O)CSCc1cccc(C)c1. The average molecular weight is 461 g/mol. The van der Waals surface area contributed by atoms with E-state index in [9.17, 15) is 9.59 Å². The molecular weight excluding hydrogens is 428 g/mol. The first-order chi connectivity index (χ1) is 15.0. The highest BCUT2D eigenvalue weighted by atomic mass is 35.5. The van der Waals surface area contributed by atoms with Crippen LogP contribution < -0.4 is 5.32 Å². The molecule has 2 aromatic carbocycles. The van der Waals surface area contributed by atoms with E-state index in [2.05, 4.69) is 37.4 Å². The Bertz CT molecular complexity index is 859. The molecule has 1 atom stereocenters. The van der Waals surface area contributed by atoms with Crippen molar-refractivity contribution in [2.24, 2.45) is 0 Å². The third-order valence-corrected chi connectivity index (χ3v) is 6.45. The van der Waals surface area contributed by atoms with Gasteiger partial charge in [-0.05, 0) is 37.0 Å². The number of thioether (sulfide) groups is 1. The van der Waals surface area contributed by atoms with Crippen molar-refractivity contribution in [2.45, 2.75) is 58.4 Å². The molecule has 1 N–H and O–H groups in total. The molecule has 0 saturated carbocycles. The van der Waals surface area contributed by atoms with Gasteiger partial charge in [0.1, 0.15) is 6.04 Å². The number of amides is 2. The van der Waals surface area contributed by atoms with Gasteiger partial charge in [-0.2, -0.15) is 0 Å². The van der Waals surface area contributed by atoms with Crippen molar-refractivity contribution in [3.63, 3.8) is 0 Å². The Morgan fingerprint density at radius 1 is 1.13 bits per heavy atom. The van der Waals surface area contributed by atoms with Crippen molar-refractivity contribution < 1.29 is 9.59 Å². The van der Waals surface area contributed by atoms with Gasteiger partial charge in [-0.15, -0.1) is 11.8 Å². The standard InChI is InChI=1S/C25H33ClN2O2S/c1-4-6-14-27-25(30)23(5-2)28(16-21-12-7-8-13-22(21)26)24(29)18-31-17-20-11-9-10-19(3)15-20/h7-13,15,23H,4-6,14,16-18H2,1-3H3,(H,27,30)/t23-/m1/s1. The van der Waals surface area contributed by atoms with Crippen LogP contribution in [0.5, 0.6) is 0 Å². The lowest BCUT2D eigenvalue weighted by molar-refractivity contribution is -0.139. The van der Waals surface area contributed by atoms with Gasteiger partial charge in [-0.3, -0.25) is 9.59 Å². The Balaban J connectivity index is 2.11. The minimum Gasteiger partial charge on any atom is -0.354 e. The molecule has 6 heteroatoms. The van der Waals surface area contributed by atoms with Crippen molar-refractivity contribution in [1.29, 1.82) is 0 Å². The van der Waals surface area contributed by atoms with Crippen LogP contribution in [0.1, 0.15) is 49.8 Å². The number of halogens is 1. The second-order valence-electron chi connectivity index (χ2n) is 7.66. The van der Waals surface area contributed by atoms with Crippen molar-refractivity contribution in [3.8, 4) is 0 Å². The van der Waals surface area contributed by atoms with E-state index in [1.165, 1.54) is 11.1 Å². The fourth-order valence-electron chi connectivity index (χ4n) is 3.38. The van der Waals surface area contributed by atoms with Crippen LogP contribution in [0.2, 0.25) is 5.02 Å². The molecule has 0 spiro atoms. The smallest absolute Gasteiger partial charge is 0.242 e. The molecule has 2 rings (SSSR count). The monoisotopic (exact) mass is 460 g/mol. The van der Waals surface area contributed by atoms with E-state index in [-0.39, 0.29) is 11.8 Å². The number of hydrogen-bond acceptors (Lipinski definition) is 3. The van der Waals surface area contributed by atoms with Gasteiger partial charge in [0.25, 0.3) is 0 Å². The van der Waals surface area contributed by atoms with Crippen LogP contribution in [-0.2, 0) is 21.9 Å². The van der Waals surface area contributed by atoms with Crippen molar-refractivity contribution in [1.82, 2.24) is 10.2 Å². The topological polar surface area (TPSA) is 49.4 Å². The molecule has 0 fully saturated rings. The fraction of sp³-hybridized carbons (Fsp3) is 0.440. The van der Waals surface area contributed by atoms with Gasteiger partial charge >= 0.3 is 0 Å². The Kier molecular flexibility index (Phi) is 11.0. The van der Waals surface area contributed by atoms with E-state index < -0.39 is 6.04 Å². The highest BCUT2D eigenvalue weighted by Crippen LogP contribution is 2.21. The summed E-state index contributed by atoms with van der Waals surface area (Å²) in [4.78, 5) is 27.8. The summed E-state index contributed by atoms with van der Waals surface area (Å²) in [6, 6.07) is 15.3. The Labute approximate surface area is 195 Å². The fourth-order valence-corrected chi connectivity index (χ4v) is 4.43. The molecule has 0 bridgehead atoms. The van der Waals surface area contributed by atoms with Crippen molar-refractivity contribution >= 4 is 35.2 Å². The lowest BCUT2D eigenvalue weighted by Gasteiger charge is -2.31. The molecule has 0 unspecified atom stereocenters. The number of unbranched alkanes of at least 4 members (excludes halogenated alkanes) is 1. The molecule has 2 aromatic rings. The number of rotatable bonds is 12. The summed E-state index contributed by atoms with van der Waals surface area (Å²) < 4.78 is 0. The third kappa shape index (κ3) is 8.23. The lowest BCUT2D eigenvalue weighted by atomic mass is 10.1. The summed E-state index contributed by atoms with van der Waals surface area (Å²) in [5, 5.41) is 3.59. The van der Waals surface area contributed by atoms with Crippen LogP contribution in [0, 0.1) is 6.92 Å². The molecule has 31 heavy (non-hydrogen) atoms. The summed E-state index contributed by atoms with van der Waals surface area (Å²) in [5.41, 5.74) is 3.25. The van der Waals surface area contributed by atoms with E-state index in [1.807, 2.05) is 37.3 Å². The Morgan fingerprint density at radius 3 is 2.58 bits per heavy atom. The highest BCUT2D eigenvalue weighted by Gasteiger charge is 2.28. The highest BCUT2D eigenvalue weighted by molar-refractivity contribution is 7.99. The molecule has 168 valence electrons. The minimum atomic E-state index is -0.514. The molecule has 0 aliphatic heterocycles. The van der Waals surface area contributed by atoms with Crippen LogP contribution in [0.15, 0.2) is 48.5 Å². The zero-order valence-electron chi connectivity index (χ0n) is 18.7. The van der Waals surface area contributed by atoms with Gasteiger partial charge < -0.3 is 10.2 Å². The zero-order chi connectivity index (χ0) is 22.6. The van der Waals surface area contributed by atoms with Gasteiger partial charge in [-0.1, -0.05) is 79.9 Å². The van der Waals surface area contributed by atoms with E-state index in [0.717, 1.165) is 24.2 Å². The molecule has 0 heterocycles. The maximum atomic E-state index is 13.2. The first-order valence-electron chi connectivity index (χ1n) is 10.9. The predicted octanol–water partition coefficient (Wildman–Crippen LogP) is 5.61. The summed E-state index contributed by atoms with van der Waals surface area (Å²) in [6.07, 6.45) is 2.48. The van der Waals surface area contributed by atoms with Crippen LogP contribution in [0.4, 0.5) is 0 Å². The number of benzene rings is 2. The van der Waals surface area contributed by atoms with Gasteiger partial charge in [0, 0.05) is 23.9 Å². The molecule has 0 saturated heterocycles. The number of aryl methyl sites for hydroxylation is 1. The van der Waals surface area contributed by atoms with Crippen LogP contribution in [0.3, 0.4) is 0 Å². The van der Waals surface area contributed by atoms with Crippen LogP contribution in [-0.4, -0.2) is 35.1 Å². The molecule has 0 aliphatic carbocycles. The molecule has 2 amide bonds. The number of nitrogens with zero attached hydrogens (tertiary/aromatic N) is 1. The second kappa shape index (κ2) is 13.4. The number of carbonyl (C=O) groups excluding carboxylic acids is 2. The van der Waals surface area contributed by atoms with Crippen molar-refractivity contribution in [2.75, 3.05) is 12.3 Å². The number of carbonyl (C=O) groups is 2. The number of hydrogen-bond donors (Lipinski definition) is 1. The third-order valence-electron chi connectivity index (χ3n) is 5.09. The molecule has 0 aromatic heterocycles. The summed E-state index contributed by atoms with van der Waals surface area (Å²) >= 11 is 7.93. The van der Waals surface area contributed by atoms with Gasteiger partial charge in [0.15, 0.2) is 0 Å². The molecule has 4 nitrogen and oxygen atoms in total. The summed E-state index contributed by atoms with van der Waals surface area (Å²) in [7, 11) is 0. The summed E-state index contributed by atoms with van der Waals surface area (Å²) in [5.74, 6) is 0.930. The quantitative estimate of drug-likeness (QED) is 0.419. The van der Waals surface area contributed by atoms with E-state index in [0.29, 0.717) is 30.3 Å². The first kappa shape index (κ1) is 25.3. The zero-order valence-corrected chi connectivity index (χ0v) is 20.3. The molecule has 0 aliphatic rings. The van der Waals surface area contributed by atoms with Gasteiger partial charge in [0.05, 0.1) is 5.75 Å². The van der Waals surface area contributed by atoms with Crippen LogP contribution >= 0.6 is 23.4 Å². The van der Waals surface area contributed by atoms with Gasteiger partial charge in [0.2, 0.25) is 11.8 Å². The summed E-state index contributed by atoms with van der Waals surface area (Å²) in [6.45, 7) is 7.04. The number of nitrogens with one attached hydrogen (secondary N) is 1. The Hall–Kier alpha value is -1.98. The van der Waals surface area contributed by atoms with Gasteiger partial charge in [-0.25, -0.2) is 0 Å². The molecule has 0 radical (unpaired) electrons. The maximum absolute atomic E-state index is 13.2. The normalized spacial score (nSPS) is 11.7. The lowest BCUT2D eigenvalue weighted by Crippen LogP contribution is -2.49. The predicted molar refractivity (Wildman–Crippen MR) is 131 cm³/mol. The van der Waals surface area contributed by atoms with E-state index in [1.54, 1.807) is 16.7 Å².